The summed E-state index contributed by atoms with van der Waals surface area (Å²) in [6, 6.07) is 4.12. The molecule has 1 aromatic heterocycles. The fourth-order valence-electron chi connectivity index (χ4n) is 1.31. The quantitative estimate of drug-likeness (QED) is 0.850. The molecule has 0 saturated carbocycles. The summed E-state index contributed by atoms with van der Waals surface area (Å²) < 4.78 is 5.85. The van der Waals surface area contributed by atoms with Crippen molar-refractivity contribution < 1.29 is 9.53 Å². The fourth-order valence-corrected chi connectivity index (χ4v) is 2.79. The number of rotatable bonds is 5. The number of thiophene rings is 1. The molecule has 0 unspecified atom stereocenters. The Balaban J connectivity index is 2.38. The van der Waals surface area contributed by atoms with Crippen molar-refractivity contribution in [3.05, 3.63) is 20.8 Å². The number of hydrogen-bond acceptors (Lipinski definition) is 4. The van der Waals surface area contributed by atoms with Crippen LogP contribution in [0, 0.1) is 0 Å². The molecule has 0 aliphatic rings. The zero-order valence-corrected chi connectivity index (χ0v) is 12.1. The van der Waals surface area contributed by atoms with Crippen LogP contribution in [-0.4, -0.2) is 25.2 Å². The lowest BCUT2D eigenvalue weighted by atomic mass is 10.1. The van der Waals surface area contributed by atoms with E-state index in [0.717, 1.165) is 16.8 Å². The summed E-state index contributed by atoms with van der Waals surface area (Å²) in [5.41, 5.74) is -0.622. The first-order valence-electron chi connectivity index (χ1n) is 5.03. The van der Waals surface area contributed by atoms with Crippen LogP contribution in [0.25, 0.3) is 0 Å². The van der Waals surface area contributed by atoms with Gasteiger partial charge in [0.25, 0.3) is 0 Å². The molecule has 90 valence electrons. The Labute approximate surface area is 108 Å². The van der Waals surface area contributed by atoms with E-state index in [-0.39, 0.29) is 5.97 Å². The van der Waals surface area contributed by atoms with Gasteiger partial charge in [0.15, 0.2) is 0 Å². The molecule has 0 amide bonds. The highest BCUT2D eigenvalue weighted by molar-refractivity contribution is 9.11. The molecule has 0 saturated heterocycles. The van der Waals surface area contributed by atoms with Crippen LogP contribution in [0.5, 0.6) is 0 Å². The van der Waals surface area contributed by atoms with E-state index in [1.54, 1.807) is 11.3 Å². The highest BCUT2D eigenvalue weighted by Crippen LogP contribution is 2.22. The summed E-state index contributed by atoms with van der Waals surface area (Å²) >= 11 is 5.13. The first-order chi connectivity index (χ1) is 7.45. The lowest BCUT2D eigenvalue weighted by Gasteiger charge is -2.22. The molecular weight excluding hydrogens is 290 g/mol. The van der Waals surface area contributed by atoms with Crippen LogP contribution in [0.3, 0.4) is 0 Å². The monoisotopic (exact) mass is 305 g/mol. The van der Waals surface area contributed by atoms with E-state index in [0.29, 0.717) is 0 Å². The SMILES string of the molecule is COC(=O)C(C)(C)NCCc1ccc(Br)s1. The molecule has 0 atom stereocenters. The number of nitrogens with one attached hydrogen (secondary N) is 1. The largest absolute Gasteiger partial charge is 0.468 e. The first-order valence-corrected chi connectivity index (χ1v) is 6.64. The Morgan fingerprint density at radius 3 is 2.75 bits per heavy atom. The molecule has 1 N–H and O–H groups in total. The zero-order chi connectivity index (χ0) is 12.2. The molecular formula is C11H16BrNO2S. The molecule has 1 rings (SSSR count). The van der Waals surface area contributed by atoms with Gasteiger partial charge in [-0.05, 0) is 48.3 Å². The van der Waals surface area contributed by atoms with Gasteiger partial charge in [0.2, 0.25) is 0 Å². The van der Waals surface area contributed by atoms with Crippen molar-refractivity contribution in [1.29, 1.82) is 0 Å². The van der Waals surface area contributed by atoms with Gasteiger partial charge in [-0.15, -0.1) is 11.3 Å². The van der Waals surface area contributed by atoms with Gasteiger partial charge in [0.05, 0.1) is 10.9 Å². The van der Waals surface area contributed by atoms with E-state index in [2.05, 4.69) is 27.3 Å². The van der Waals surface area contributed by atoms with Crippen molar-refractivity contribution >= 4 is 33.2 Å². The maximum absolute atomic E-state index is 11.4. The third kappa shape index (κ3) is 3.88. The van der Waals surface area contributed by atoms with Crippen LogP contribution in [0.4, 0.5) is 0 Å². The van der Waals surface area contributed by atoms with Crippen molar-refractivity contribution in [2.45, 2.75) is 25.8 Å². The summed E-state index contributed by atoms with van der Waals surface area (Å²) in [5.74, 6) is -0.236. The number of carbonyl (C=O) groups excluding carboxylic acids is 1. The molecule has 0 radical (unpaired) electrons. The highest BCUT2D eigenvalue weighted by atomic mass is 79.9. The van der Waals surface area contributed by atoms with Gasteiger partial charge in [0.1, 0.15) is 5.54 Å². The van der Waals surface area contributed by atoms with Crippen molar-refractivity contribution in [1.82, 2.24) is 5.32 Å². The van der Waals surface area contributed by atoms with E-state index in [4.69, 9.17) is 4.74 Å². The molecule has 0 fully saturated rings. The number of esters is 1. The van der Waals surface area contributed by atoms with Gasteiger partial charge in [-0.25, -0.2) is 0 Å². The summed E-state index contributed by atoms with van der Waals surface area (Å²) in [4.78, 5) is 12.7. The predicted octanol–water partition coefficient (Wildman–Crippen LogP) is 2.59. The number of halogens is 1. The van der Waals surface area contributed by atoms with E-state index >= 15 is 0 Å². The number of hydrogen-bond donors (Lipinski definition) is 1. The van der Waals surface area contributed by atoms with E-state index in [1.165, 1.54) is 12.0 Å². The molecule has 16 heavy (non-hydrogen) atoms. The number of carbonyl (C=O) groups is 1. The normalized spacial score (nSPS) is 11.5. The summed E-state index contributed by atoms with van der Waals surface area (Å²) in [7, 11) is 1.40. The molecule has 0 aliphatic heterocycles. The van der Waals surface area contributed by atoms with E-state index in [9.17, 15) is 4.79 Å². The summed E-state index contributed by atoms with van der Waals surface area (Å²) in [5, 5.41) is 3.18. The minimum absolute atomic E-state index is 0.236. The summed E-state index contributed by atoms with van der Waals surface area (Å²) in [6.45, 7) is 4.40. The summed E-state index contributed by atoms with van der Waals surface area (Å²) in [6.07, 6.45) is 0.913. The molecule has 0 spiro atoms. The molecule has 5 heteroatoms. The Kier molecular flexibility index (Phi) is 4.95. The Hall–Kier alpha value is -0.390. The Bertz CT molecular complexity index is 363. The van der Waals surface area contributed by atoms with Crippen molar-refractivity contribution in [2.24, 2.45) is 0 Å². The molecule has 1 aromatic rings. The predicted molar refractivity (Wildman–Crippen MR) is 69.8 cm³/mol. The van der Waals surface area contributed by atoms with Gasteiger partial charge in [-0.3, -0.25) is 4.79 Å². The fraction of sp³-hybridized carbons (Fsp3) is 0.545. The van der Waals surface area contributed by atoms with Gasteiger partial charge in [-0.2, -0.15) is 0 Å². The van der Waals surface area contributed by atoms with Gasteiger partial charge in [0, 0.05) is 11.4 Å². The van der Waals surface area contributed by atoms with Crippen LogP contribution in [0.2, 0.25) is 0 Å². The van der Waals surface area contributed by atoms with Crippen LogP contribution < -0.4 is 5.32 Å². The minimum atomic E-state index is -0.622. The third-order valence-electron chi connectivity index (χ3n) is 2.26. The van der Waals surface area contributed by atoms with Crippen LogP contribution in [0.1, 0.15) is 18.7 Å². The van der Waals surface area contributed by atoms with Gasteiger partial charge >= 0.3 is 5.97 Å². The van der Waals surface area contributed by atoms with Gasteiger partial charge in [-0.1, -0.05) is 0 Å². The van der Waals surface area contributed by atoms with E-state index < -0.39 is 5.54 Å². The van der Waals surface area contributed by atoms with Crippen LogP contribution in [-0.2, 0) is 16.0 Å². The molecule has 0 aliphatic carbocycles. The van der Waals surface area contributed by atoms with Crippen molar-refractivity contribution in [3.8, 4) is 0 Å². The second kappa shape index (κ2) is 5.80. The average Bonchev–Trinajstić information content (AvgIpc) is 2.62. The molecule has 0 aromatic carbocycles. The van der Waals surface area contributed by atoms with Crippen molar-refractivity contribution in [3.63, 3.8) is 0 Å². The standard InChI is InChI=1S/C11H16BrNO2S/c1-11(2,10(14)15-3)13-7-6-8-4-5-9(12)16-8/h4-5,13H,6-7H2,1-3H3. The average molecular weight is 306 g/mol. The Morgan fingerprint density at radius 1 is 1.56 bits per heavy atom. The second-order valence-corrected chi connectivity index (χ2v) is 6.55. The molecule has 1 heterocycles. The highest BCUT2D eigenvalue weighted by Gasteiger charge is 2.27. The smallest absolute Gasteiger partial charge is 0.325 e. The molecule has 3 nitrogen and oxygen atoms in total. The van der Waals surface area contributed by atoms with E-state index in [1.807, 2.05) is 19.9 Å². The van der Waals surface area contributed by atoms with Crippen LogP contribution >= 0.6 is 27.3 Å². The topological polar surface area (TPSA) is 38.3 Å². The van der Waals surface area contributed by atoms with Crippen molar-refractivity contribution in [2.75, 3.05) is 13.7 Å². The zero-order valence-electron chi connectivity index (χ0n) is 9.67. The lowest BCUT2D eigenvalue weighted by molar-refractivity contribution is -0.147. The third-order valence-corrected chi connectivity index (χ3v) is 3.95. The maximum Gasteiger partial charge on any atom is 0.325 e. The number of methoxy groups -OCH3 is 1. The van der Waals surface area contributed by atoms with Crippen LogP contribution in [0.15, 0.2) is 15.9 Å². The van der Waals surface area contributed by atoms with Gasteiger partial charge < -0.3 is 10.1 Å². The maximum atomic E-state index is 11.4. The first kappa shape index (κ1) is 13.7. The minimum Gasteiger partial charge on any atom is -0.468 e. The number of ether oxygens (including phenoxy) is 1. The molecule has 0 bridgehead atoms. The lowest BCUT2D eigenvalue weighted by Crippen LogP contribution is -2.48. The Morgan fingerprint density at radius 2 is 2.25 bits per heavy atom. The second-order valence-electron chi connectivity index (χ2n) is 4.00.